The summed E-state index contributed by atoms with van der Waals surface area (Å²) in [6, 6.07) is 25.7. The van der Waals surface area contributed by atoms with Crippen LogP contribution in [0.1, 0.15) is 20.8 Å². The Morgan fingerprint density at radius 2 is 1.34 bits per heavy atom. The minimum atomic E-state index is -3.39. The maximum Gasteiger partial charge on any atom is 0.229 e. The Balaban J connectivity index is 2.09. The fourth-order valence-corrected chi connectivity index (χ4v) is 5.69. The maximum absolute atomic E-state index is 11.9. The lowest BCUT2D eigenvalue weighted by Crippen LogP contribution is -2.22. The lowest BCUT2D eigenvalue weighted by molar-refractivity contribution is 0.131. The van der Waals surface area contributed by atoms with E-state index in [1.807, 2.05) is 69.3 Å². The van der Waals surface area contributed by atoms with Crippen molar-refractivity contribution in [3.05, 3.63) is 78.9 Å². The van der Waals surface area contributed by atoms with Crippen molar-refractivity contribution in [2.75, 3.05) is 11.0 Å². The monoisotopic (exact) mass is 428 g/mol. The minimum Gasteiger partial charge on any atom is -0.488 e. The van der Waals surface area contributed by atoms with Crippen LogP contribution in [0.15, 0.2) is 93.5 Å². The van der Waals surface area contributed by atoms with Gasteiger partial charge in [0.15, 0.2) is 14.7 Å². The van der Waals surface area contributed by atoms with Crippen LogP contribution in [0.4, 0.5) is 5.69 Å². The topological polar surface area (TPSA) is 55.4 Å². The van der Waals surface area contributed by atoms with Crippen molar-refractivity contribution in [1.82, 2.24) is 0 Å². The highest BCUT2D eigenvalue weighted by Crippen LogP contribution is 2.36. The molecule has 1 N–H and O–H groups in total. The van der Waals surface area contributed by atoms with Crippen LogP contribution in [-0.2, 0) is 20.9 Å². The van der Waals surface area contributed by atoms with Gasteiger partial charge in [0.25, 0.3) is 0 Å². The van der Waals surface area contributed by atoms with E-state index in [0.29, 0.717) is 5.69 Å². The largest absolute Gasteiger partial charge is 0.488 e. The van der Waals surface area contributed by atoms with Gasteiger partial charge in [-0.2, -0.15) is 0 Å². The van der Waals surface area contributed by atoms with E-state index in [1.165, 1.54) is 6.26 Å². The molecule has 0 heterocycles. The van der Waals surface area contributed by atoms with Crippen molar-refractivity contribution >= 4 is 26.6 Å². The maximum atomic E-state index is 11.9. The third-order valence-corrected chi connectivity index (χ3v) is 6.74. The molecule has 0 saturated carbocycles. The molecule has 1 unspecified atom stereocenters. The zero-order valence-electron chi connectivity index (χ0n) is 17.0. The van der Waals surface area contributed by atoms with Crippen molar-refractivity contribution in [2.24, 2.45) is 0 Å². The Kier molecular flexibility index (Phi) is 6.24. The highest BCUT2D eigenvalue weighted by Gasteiger charge is 2.32. The predicted octanol–water partition coefficient (Wildman–Crippen LogP) is 5.33. The molecule has 0 aromatic heterocycles. The van der Waals surface area contributed by atoms with Crippen LogP contribution < -0.4 is 9.46 Å². The van der Waals surface area contributed by atoms with E-state index in [0.717, 1.165) is 20.4 Å². The molecule has 0 aliphatic rings. The first-order valence-electron chi connectivity index (χ1n) is 9.28. The second kappa shape index (κ2) is 8.51. The first-order valence-corrected chi connectivity index (χ1v) is 12.4. The average Bonchev–Trinajstić information content (AvgIpc) is 2.63. The van der Waals surface area contributed by atoms with Gasteiger partial charge < -0.3 is 4.74 Å². The van der Waals surface area contributed by atoms with E-state index in [9.17, 15) is 8.42 Å². The number of benzene rings is 3. The number of para-hydroxylation sites is 1. The number of sulfonamides is 1. The quantitative estimate of drug-likeness (QED) is 0.540. The van der Waals surface area contributed by atoms with Gasteiger partial charge in [0.05, 0.1) is 6.26 Å². The molecule has 4 nitrogen and oxygen atoms in total. The summed E-state index contributed by atoms with van der Waals surface area (Å²) in [5.41, 5.74) is 0.325. The molecule has 0 amide bonds. The average molecular weight is 429 g/mol. The summed E-state index contributed by atoms with van der Waals surface area (Å²) in [5.74, 6) is 0.806. The van der Waals surface area contributed by atoms with E-state index < -0.39 is 20.9 Å². The smallest absolute Gasteiger partial charge is 0.229 e. The Bertz CT molecular complexity index is 1060. The number of hydrogen-bond acceptors (Lipinski definition) is 3. The molecule has 0 aliphatic heterocycles. The summed E-state index contributed by atoms with van der Waals surface area (Å²) >= 11 is 0. The molecule has 29 heavy (non-hydrogen) atoms. The van der Waals surface area contributed by atoms with Gasteiger partial charge in [0.1, 0.15) is 27.9 Å². The van der Waals surface area contributed by atoms with Crippen molar-refractivity contribution < 1.29 is 13.2 Å². The van der Waals surface area contributed by atoms with E-state index in [2.05, 4.69) is 29.0 Å². The van der Waals surface area contributed by atoms with Crippen LogP contribution >= 0.6 is 0 Å². The Morgan fingerprint density at radius 3 is 1.93 bits per heavy atom. The minimum absolute atomic E-state index is 0.269. The van der Waals surface area contributed by atoms with Gasteiger partial charge in [-0.15, -0.1) is 0 Å². The van der Waals surface area contributed by atoms with Crippen LogP contribution in [0, 0.1) is 0 Å². The summed E-state index contributed by atoms with van der Waals surface area (Å²) in [7, 11) is -3.86. The standard InChI is InChI=1S/C23H26NO3S2/c1-23(2,3)27-18-14-16-20(17-15-18)28(19-10-6-5-7-11-19)22-13-9-8-12-21(22)24-29(4,25)26/h5-17,24H,1-4H3/q+1. The van der Waals surface area contributed by atoms with Crippen LogP contribution in [-0.4, -0.2) is 20.3 Å². The normalized spacial score (nSPS) is 13.0. The third kappa shape index (κ3) is 6.02. The predicted molar refractivity (Wildman–Crippen MR) is 120 cm³/mol. The number of ether oxygens (including phenoxy) is 1. The SMILES string of the molecule is CC(C)(C)Oc1ccc([S+](c2ccccc2)c2ccccc2NS(C)(=O)=O)cc1. The second-order valence-electron chi connectivity index (χ2n) is 7.68. The van der Waals surface area contributed by atoms with Crippen LogP contribution in [0.25, 0.3) is 0 Å². The molecule has 0 spiro atoms. The molecule has 3 aromatic rings. The summed E-state index contributed by atoms with van der Waals surface area (Å²) in [4.78, 5) is 3.12. The number of hydrogen-bond donors (Lipinski definition) is 1. The molecule has 0 aliphatic carbocycles. The van der Waals surface area contributed by atoms with Gasteiger partial charge in [-0.1, -0.05) is 30.3 Å². The molecule has 0 saturated heterocycles. The number of anilines is 1. The molecule has 0 bridgehead atoms. The first kappa shape index (κ1) is 21.3. The first-order chi connectivity index (χ1) is 13.6. The summed E-state index contributed by atoms with van der Waals surface area (Å²) in [5, 5.41) is 0. The van der Waals surface area contributed by atoms with Crippen LogP contribution in [0.3, 0.4) is 0 Å². The number of nitrogens with one attached hydrogen (secondary N) is 1. The van der Waals surface area contributed by atoms with Crippen LogP contribution in [0.5, 0.6) is 5.75 Å². The highest BCUT2D eigenvalue weighted by atomic mass is 32.2. The van der Waals surface area contributed by atoms with Crippen molar-refractivity contribution in [3.8, 4) is 5.75 Å². The third-order valence-electron chi connectivity index (χ3n) is 3.86. The Morgan fingerprint density at radius 1 is 0.793 bits per heavy atom. The molecular weight excluding hydrogens is 402 g/mol. The Hall–Kier alpha value is -2.44. The Labute approximate surface area is 176 Å². The summed E-state index contributed by atoms with van der Waals surface area (Å²) < 4.78 is 32.4. The van der Waals surface area contributed by atoms with Gasteiger partial charge in [0.2, 0.25) is 10.0 Å². The molecule has 6 heteroatoms. The zero-order chi connectivity index (χ0) is 21.1. The molecule has 0 radical (unpaired) electrons. The summed E-state index contributed by atoms with van der Waals surface area (Å²) in [6.07, 6.45) is 1.17. The fourth-order valence-electron chi connectivity index (χ4n) is 2.87. The fraction of sp³-hybridized carbons (Fsp3) is 0.217. The van der Waals surface area contributed by atoms with Crippen molar-refractivity contribution in [3.63, 3.8) is 0 Å². The molecule has 3 aromatic carbocycles. The lowest BCUT2D eigenvalue weighted by Gasteiger charge is -2.21. The van der Waals surface area contributed by atoms with E-state index >= 15 is 0 Å². The van der Waals surface area contributed by atoms with E-state index in [-0.39, 0.29) is 5.60 Å². The highest BCUT2D eigenvalue weighted by molar-refractivity contribution is 7.97. The van der Waals surface area contributed by atoms with Gasteiger partial charge in [-0.3, -0.25) is 4.72 Å². The second-order valence-corrected chi connectivity index (χ2v) is 11.4. The number of rotatable bonds is 6. The zero-order valence-corrected chi connectivity index (χ0v) is 18.7. The van der Waals surface area contributed by atoms with Gasteiger partial charge in [-0.25, -0.2) is 8.42 Å². The lowest BCUT2D eigenvalue weighted by atomic mass is 10.2. The van der Waals surface area contributed by atoms with Gasteiger partial charge in [-0.05, 0) is 69.3 Å². The van der Waals surface area contributed by atoms with Crippen molar-refractivity contribution in [1.29, 1.82) is 0 Å². The van der Waals surface area contributed by atoms with Gasteiger partial charge in [0, 0.05) is 0 Å². The van der Waals surface area contributed by atoms with Crippen LogP contribution in [0.2, 0.25) is 0 Å². The van der Waals surface area contributed by atoms with E-state index in [4.69, 9.17) is 4.74 Å². The molecular formula is C23H26NO3S2+. The molecule has 0 fully saturated rings. The summed E-state index contributed by atoms with van der Waals surface area (Å²) in [6.45, 7) is 6.05. The molecule has 3 rings (SSSR count). The van der Waals surface area contributed by atoms with E-state index in [1.54, 1.807) is 6.07 Å². The van der Waals surface area contributed by atoms with Crippen molar-refractivity contribution in [2.45, 2.75) is 41.1 Å². The molecule has 1 atom stereocenters. The molecule has 152 valence electrons. The van der Waals surface area contributed by atoms with Gasteiger partial charge >= 0.3 is 0 Å².